The smallest absolute Gasteiger partial charge is 0.222 e. The van der Waals surface area contributed by atoms with E-state index in [1.807, 2.05) is 18.2 Å². The molecular weight excluding hydrogens is 310 g/mol. The second kappa shape index (κ2) is 6.91. The van der Waals surface area contributed by atoms with Crippen LogP contribution in [0.3, 0.4) is 0 Å². The molecule has 0 atom stereocenters. The van der Waals surface area contributed by atoms with Gasteiger partial charge in [0.25, 0.3) is 0 Å². The first-order valence-corrected chi connectivity index (χ1v) is 8.60. The van der Waals surface area contributed by atoms with Gasteiger partial charge in [0.1, 0.15) is 4.88 Å². The quantitative estimate of drug-likeness (QED) is 0.874. The van der Waals surface area contributed by atoms with Gasteiger partial charge in [-0.05, 0) is 19.3 Å². The van der Waals surface area contributed by atoms with Gasteiger partial charge in [0, 0.05) is 25.6 Å². The average molecular weight is 329 g/mol. The van der Waals surface area contributed by atoms with E-state index in [0.29, 0.717) is 16.3 Å². The van der Waals surface area contributed by atoms with E-state index in [0.717, 1.165) is 31.1 Å². The van der Waals surface area contributed by atoms with Gasteiger partial charge in [-0.2, -0.15) is 0 Å². The van der Waals surface area contributed by atoms with Crippen LogP contribution >= 0.6 is 11.3 Å². The SMILES string of the molecule is CC(=O)Nc1nc(N2CCCCC2)sc1C(=O)c1ccccc1. The average Bonchev–Trinajstić information content (AvgIpc) is 2.99. The summed E-state index contributed by atoms with van der Waals surface area (Å²) in [6.07, 6.45) is 3.50. The van der Waals surface area contributed by atoms with Crippen molar-refractivity contribution in [2.24, 2.45) is 0 Å². The molecule has 0 radical (unpaired) electrons. The number of amides is 1. The second-order valence-electron chi connectivity index (χ2n) is 5.60. The molecule has 0 spiro atoms. The molecule has 1 aliphatic heterocycles. The van der Waals surface area contributed by atoms with Gasteiger partial charge >= 0.3 is 0 Å². The van der Waals surface area contributed by atoms with Crippen molar-refractivity contribution in [2.75, 3.05) is 23.3 Å². The maximum Gasteiger partial charge on any atom is 0.222 e. The molecule has 23 heavy (non-hydrogen) atoms. The van der Waals surface area contributed by atoms with E-state index >= 15 is 0 Å². The minimum Gasteiger partial charge on any atom is -0.348 e. The monoisotopic (exact) mass is 329 g/mol. The molecule has 0 aliphatic carbocycles. The van der Waals surface area contributed by atoms with Gasteiger partial charge in [-0.1, -0.05) is 41.7 Å². The van der Waals surface area contributed by atoms with Crippen molar-refractivity contribution >= 4 is 34.0 Å². The summed E-state index contributed by atoms with van der Waals surface area (Å²) in [6, 6.07) is 9.09. The Morgan fingerprint density at radius 1 is 1.13 bits per heavy atom. The number of nitrogens with zero attached hydrogens (tertiary/aromatic N) is 2. The Kier molecular flexibility index (Phi) is 4.71. The Bertz CT molecular complexity index is 706. The highest BCUT2D eigenvalue weighted by Gasteiger charge is 2.23. The molecule has 1 aromatic heterocycles. The number of piperidine rings is 1. The molecule has 120 valence electrons. The Morgan fingerprint density at radius 3 is 2.48 bits per heavy atom. The summed E-state index contributed by atoms with van der Waals surface area (Å²) < 4.78 is 0. The summed E-state index contributed by atoms with van der Waals surface area (Å²) in [7, 11) is 0. The molecule has 1 aliphatic rings. The molecule has 1 N–H and O–H groups in total. The number of thiazole rings is 1. The molecule has 1 amide bonds. The first-order valence-electron chi connectivity index (χ1n) is 7.78. The van der Waals surface area contributed by atoms with Gasteiger partial charge < -0.3 is 10.2 Å². The van der Waals surface area contributed by atoms with E-state index in [1.54, 1.807) is 12.1 Å². The van der Waals surface area contributed by atoms with Crippen molar-refractivity contribution in [1.29, 1.82) is 0 Å². The number of hydrogen-bond donors (Lipinski definition) is 1. The van der Waals surface area contributed by atoms with Crippen LogP contribution in [-0.4, -0.2) is 29.8 Å². The van der Waals surface area contributed by atoms with Gasteiger partial charge in [0.05, 0.1) is 0 Å². The van der Waals surface area contributed by atoms with Crippen molar-refractivity contribution in [1.82, 2.24) is 4.98 Å². The maximum absolute atomic E-state index is 12.7. The van der Waals surface area contributed by atoms with Crippen molar-refractivity contribution in [2.45, 2.75) is 26.2 Å². The highest BCUT2D eigenvalue weighted by atomic mass is 32.1. The lowest BCUT2D eigenvalue weighted by atomic mass is 10.1. The van der Waals surface area contributed by atoms with Gasteiger partial charge in [0.15, 0.2) is 10.9 Å². The maximum atomic E-state index is 12.7. The third-order valence-electron chi connectivity index (χ3n) is 3.78. The second-order valence-corrected chi connectivity index (χ2v) is 6.58. The number of carbonyl (C=O) groups excluding carboxylic acids is 2. The standard InChI is InChI=1S/C17H19N3O2S/c1-12(21)18-16-15(14(22)13-8-4-2-5-9-13)23-17(19-16)20-10-6-3-7-11-20/h2,4-5,8-9H,3,6-7,10-11H2,1H3,(H,18,21). The molecule has 1 saturated heterocycles. The van der Waals surface area contributed by atoms with Gasteiger partial charge in [-0.3, -0.25) is 9.59 Å². The van der Waals surface area contributed by atoms with E-state index in [9.17, 15) is 9.59 Å². The number of aromatic nitrogens is 1. The number of nitrogens with one attached hydrogen (secondary N) is 1. The zero-order valence-corrected chi connectivity index (χ0v) is 13.9. The predicted octanol–water partition coefficient (Wildman–Crippen LogP) is 3.32. The summed E-state index contributed by atoms with van der Waals surface area (Å²) in [4.78, 5) is 31.4. The fourth-order valence-electron chi connectivity index (χ4n) is 2.66. The molecule has 0 saturated carbocycles. The molecule has 1 aromatic carbocycles. The third kappa shape index (κ3) is 3.59. The van der Waals surface area contributed by atoms with Gasteiger partial charge in [-0.15, -0.1) is 0 Å². The summed E-state index contributed by atoms with van der Waals surface area (Å²) in [5, 5.41) is 3.51. The van der Waals surface area contributed by atoms with Crippen LogP contribution in [0.25, 0.3) is 0 Å². The van der Waals surface area contributed by atoms with Crippen LogP contribution in [0.2, 0.25) is 0 Å². The van der Waals surface area contributed by atoms with Crippen LogP contribution in [0.5, 0.6) is 0 Å². The van der Waals surface area contributed by atoms with Crippen molar-refractivity contribution in [3.63, 3.8) is 0 Å². The molecule has 2 heterocycles. The van der Waals surface area contributed by atoms with Crippen molar-refractivity contribution in [3.05, 3.63) is 40.8 Å². The largest absolute Gasteiger partial charge is 0.348 e. The highest BCUT2D eigenvalue weighted by molar-refractivity contribution is 7.18. The zero-order valence-electron chi connectivity index (χ0n) is 13.0. The van der Waals surface area contributed by atoms with E-state index in [2.05, 4.69) is 15.2 Å². The predicted molar refractivity (Wildman–Crippen MR) is 92.4 cm³/mol. The van der Waals surface area contributed by atoms with E-state index in [4.69, 9.17) is 0 Å². The number of benzene rings is 1. The molecular formula is C17H19N3O2S. The lowest BCUT2D eigenvalue weighted by Crippen LogP contribution is -2.29. The van der Waals surface area contributed by atoms with Crippen LogP contribution in [0.1, 0.15) is 41.4 Å². The Labute approximate surface area is 139 Å². The van der Waals surface area contributed by atoms with Crippen LogP contribution < -0.4 is 10.2 Å². The van der Waals surface area contributed by atoms with Crippen molar-refractivity contribution in [3.8, 4) is 0 Å². The molecule has 1 fully saturated rings. The van der Waals surface area contributed by atoms with Gasteiger partial charge in [0.2, 0.25) is 11.7 Å². The van der Waals surface area contributed by atoms with Crippen LogP contribution in [0, 0.1) is 0 Å². The molecule has 0 unspecified atom stereocenters. The lowest BCUT2D eigenvalue weighted by Gasteiger charge is -2.25. The minimum absolute atomic E-state index is 0.102. The number of rotatable bonds is 4. The van der Waals surface area contributed by atoms with Crippen LogP contribution in [-0.2, 0) is 4.79 Å². The fourth-order valence-corrected chi connectivity index (χ4v) is 3.69. The van der Waals surface area contributed by atoms with Crippen molar-refractivity contribution < 1.29 is 9.59 Å². The number of anilines is 2. The molecule has 6 heteroatoms. The Morgan fingerprint density at radius 2 is 1.83 bits per heavy atom. The topological polar surface area (TPSA) is 62.3 Å². The molecule has 2 aromatic rings. The minimum atomic E-state index is -0.220. The normalized spacial score (nSPS) is 14.6. The molecule has 0 bridgehead atoms. The first-order chi connectivity index (χ1) is 11.1. The Hall–Kier alpha value is -2.21. The third-order valence-corrected chi connectivity index (χ3v) is 4.89. The van der Waals surface area contributed by atoms with Crippen LogP contribution in [0.15, 0.2) is 30.3 Å². The Balaban J connectivity index is 1.95. The summed E-state index contributed by atoms with van der Waals surface area (Å²) in [5.41, 5.74) is 0.605. The number of carbonyl (C=O) groups is 2. The van der Waals surface area contributed by atoms with E-state index in [1.165, 1.54) is 24.7 Å². The summed E-state index contributed by atoms with van der Waals surface area (Å²) in [5.74, 6) is 0.0506. The van der Waals surface area contributed by atoms with E-state index < -0.39 is 0 Å². The molecule has 5 nitrogen and oxygen atoms in total. The summed E-state index contributed by atoms with van der Waals surface area (Å²) in [6.45, 7) is 3.33. The lowest BCUT2D eigenvalue weighted by molar-refractivity contribution is -0.114. The number of ketones is 1. The zero-order chi connectivity index (χ0) is 16.2. The highest BCUT2D eigenvalue weighted by Crippen LogP contribution is 2.33. The van der Waals surface area contributed by atoms with Crippen LogP contribution in [0.4, 0.5) is 10.9 Å². The summed E-state index contributed by atoms with van der Waals surface area (Å²) >= 11 is 1.36. The van der Waals surface area contributed by atoms with Gasteiger partial charge in [-0.25, -0.2) is 4.98 Å². The number of hydrogen-bond acceptors (Lipinski definition) is 5. The fraction of sp³-hybridized carbons (Fsp3) is 0.353. The first kappa shape index (κ1) is 15.7. The molecule has 3 rings (SSSR count). The van der Waals surface area contributed by atoms with E-state index in [-0.39, 0.29) is 11.7 Å².